The predicted octanol–water partition coefficient (Wildman–Crippen LogP) is 0.740. The van der Waals surface area contributed by atoms with Crippen molar-refractivity contribution in [1.29, 1.82) is 0 Å². The van der Waals surface area contributed by atoms with Crippen molar-refractivity contribution in [2.24, 2.45) is 0 Å². The van der Waals surface area contributed by atoms with Crippen LogP contribution in [0.5, 0.6) is 0 Å². The Morgan fingerprint density at radius 3 is 2.95 bits per heavy atom. The molecule has 0 aromatic carbocycles. The van der Waals surface area contributed by atoms with Gasteiger partial charge < -0.3 is 24.3 Å². The molecule has 0 bridgehead atoms. The molecule has 0 spiro atoms. The van der Waals surface area contributed by atoms with Gasteiger partial charge >= 0.3 is 0 Å². The summed E-state index contributed by atoms with van der Waals surface area (Å²) in [5.74, 6) is 0. The first-order chi connectivity index (χ1) is 10.1. The highest BCUT2D eigenvalue weighted by atomic mass is 35.5. The van der Waals surface area contributed by atoms with Gasteiger partial charge in [0.2, 0.25) is 0 Å². The molecule has 8 heteroatoms. The van der Waals surface area contributed by atoms with Gasteiger partial charge in [0.25, 0.3) is 0 Å². The quantitative estimate of drug-likeness (QED) is 0.809. The van der Waals surface area contributed by atoms with Crippen molar-refractivity contribution in [2.75, 3.05) is 13.7 Å². The number of nitrogens with zero attached hydrogens (tertiary/aromatic N) is 3. The number of halogens is 1. The topological polar surface area (TPSA) is 89.6 Å². The van der Waals surface area contributed by atoms with Gasteiger partial charge in [0, 0.05) is 19.9 Å². The summed E-state index contributed by atoms with van der Waals surface area (Å²) in [6, 6.07) is 1.75. The molecule has 7 nitrogen and oxygen atoms in total. The van der Waals surface area contributed by atoms with Crippen LogP contribution in [0.4, 0.5) is 0 Å². The molecule has 3 rings (SSSR count). The molecule has 3 heterocycles. The third kappa shape index (κ3) is 2.51. The molecule has 0 aliphatic carbocycles. The Balaban J connectivity index is 1.90. The highest BCUT2D eigenvalue weighted by Crippen LogP contribution is 2.34. The molecule has 1 fully saturated rings. The Morgan fingerprint density at radius 2 is 2.19 bits per heavy atom. The molecule has 114 valence electrons. The first kappa shape index (κ1) is 14.7. The highest BCUT2D eigenvalue weighted by Gasteiger charge is 2.43. The zero-order valence-corrected chi connectivity index (χ0v) is 12.1. The number of ether oxygens (including phenoxy) is 2. The van der Waals surface area contributed by atoms with Crippen LogP contribution >= 0.6 is 11.6 Å². The summed E-state index contributed by atoms with van der Waals surface area (Å²) in [6.07, 6.45) is 0.340. The first-order valence-electron chi connectivity index (χ1n) is 6.61. The SMILES string of the molecule is COCC[C@H]1O[C@@H](n2ccc3c(Cl)ncnc32)[C@H](O)[C@@H]1O. The van der Waals surface area contributed by atoms with E-state index in [0.717, 1.165) is 0 Å². The minimum atomic E-state index is -1.05. The fraction of sp³-hybridized carbons (Fsp3) is 0.538. The summed E-state index contributed by atoms with van der Waals surface area (Å²) < 4.78 is 12.4. The molecule has 2 N–H and O–H groups in total. The van der Waals surface area contributed by atoms with Crippen LogP contribution in [0.25, 0.3) is 11.0 Å². The molecule has 1 saturated heterocycles. The fourth-order valence-electron chi connectivity index (χ4n) is 2.58. The molecule has 2 aromatic heterocycles. The number of fused-ring (bicyclic) bond motifs is 1. The predicted molar refractivity (Wildman–Crippen MR) is 75.0 cm³/mol. The molecule has 0 unspecified atom stereocenters. The van der Waals surface area contributed by atoms with Crippen LogP contribution in [-0.2, 0) is 9.47 Å². The van der Waals surface area contributed by atoms with Crippen LogP contribution in [-0.4, -0.2) is 56.8 Å². The van der Waals surface area contributed by atoms with Gasteiger partial charge in [-0.25, -0.2) is 9.97 Å². The number of aliphatic hydroxyl groups excluding tert-OH is 2. The third-order valence-electron chi connectivity index (χ3n) is 3.68. The molecule has 0 saturated carbocycles. The lowest BCUT2D eigenvalue weighted by molar-refractivity contribution is -0.0420. The van der Waals surface area contributed by atoms with Gasteiger partial charge in [-0.3, -0.25) is 0 Å². The first-order valence-corrected chi connectivity index (χ1v) is 6.99. The van der Waals surface area contributed by atoms with Crippen molar-refractivity contribution in [2.45, 2.75) is 31.0 Å². The van der Waals surface area contributed by atoms with Crippen molar-refractivity contribution in [3.8, 4) is 0 Å². The van der Waals surface area contributed by atoms with Gasteiger partial charge in [0.05, 0.1) is 11.5 Å². The number of methoxy groups -OCH3 is 1. The van der Waals surface area contributed by atoms with E-state index in [9.17, 15) is 10.2 Å². The second-order valence-electron chi connectivity index (χ2n) is 4.95. The van der Waals surface area contributed by atoms with E-state index in [4.69, 9.17) is 21.1 Å². The largest absolute Gasteiger partial charge is 0.388 e. The molecule has 0 radical (unpaired) electrons. The van der Waals surface area contributed by atoms with Crippen LogP contribution in [0.3, 0.4) is 0 Å². The van der Waals surface area contributed by atoms with E-state index in [1.54, 1.807) is 23.9 Å². The van der Waals surface area contributed by atoms with Gasteiger partial charge in [-0.05, 0) is 12.5 Å². The van der Waals surface area contributed by atoms with E-state index >= 15 is 0 Å². The van der Waals surface area contributed by atoms with Gasteiger partial charge in [-0.1, -0.05) is 11.6 Å². The lowest BCUT2D eigenvalue weighted by Gasteiger charge is -2.17. The Morgan fingerprint density at radius 1 is 1.38 bits per heavy atom. The maximum absolute atomic E-state index is 10.2. The smallest absolute Gasteiger partial charge is 0.164 e. The molecule has 4 atom stereocenters. The fourth-order valence-corrected chi connectivity index (χ4v) is 2.77. The summed E-state index contributed by atoms with van der Waals surface area (Å²) >= 11 is 6.01. The van der Waals surface area contributed by atoms with E-state index < -0.39 is 24.5 Å². The van der Waals surface area contributed by atoms with E-state index in [1.165, 1.54) is 6.33 Å². The second kappa shape index (κ2) is 5.86. The molecule has 0 amide bonds. The lowest BCUT2D eigenvalue weighted by Crippen LogP contribution is -2.32. The van der Waals surface area contributed by atoms with Crippen molar-refractivity contribution in [3.63, 3.8) is 0 Å². The highest BCUT2D eigenvalue weighted by molar-refractivity contribution is 6.33. The summed E-state index contributed by atoms with van der Waals surface area (Å²) in [5.41, 5.74) is 0.554. The standard InChI is InChI=1S/C13H16ClN3O4/c1-20-5-3-8-9(18)10(19)13(21-8)17-4-2-7-11(14)15-6-16-12(7)17/h2,4,6,8-10,13,18-19H,3,5H2,1H3/t8-,9-,10-,13-/m1/s1. The maximum Gasteiger partial charge on any atom is 0.164 e. The number of aliphatic hydroxyl groups is 2. The monoisotopic (exact) mass is 313 g/mol. The molecular weight excluding hydrogens is 298 g/mol. The number of rotatable bonds is 4. The maximum atomic E-state index is 10.2. The van der Waals surface area contributed by atoms with Crippen LogP contribution < -0.4 is 0 Å². The van der Waals surface area contributed by atoms with E-state index in [-0.39, 0.29) is 0 Å². The summed E-state index contributed by atoms with van der Waals surface area (Å²) in [4.78, 5) is 8.07. The number of hydrogen-bond acceptors (Lipinski definition) is 6. The van der Waals surface area contributed by atoms with Crippen LogP contribution in [0.2, 0.25) is 5.15 Å². The van der Waals surface area contributed by atoms with Crippen molar-refractivity contribution >= 4 is 22.6 Å². The van der Waals surface area contributed by atoms with E-state index in [2.05, 4.69) is 9.97 Å². The van der Waals surface area contributed by atoms with Crippen molar-refractivity contribution in [1.82, 2.24) is 14.5 Å². The average molecular weight is 314 g/mol. The molecule has 1 aliphatic rings. The van der Waals surface area contributed by atoms with Crippen molar-refractivity contribution in [3.05, 3.63) is 23.7 Å². The Kier molecular flexibility index (Phi) is 4.10. The van der Waals surface area contributed by atoms with Gasteiger partial charge in [-0.2, -0.15) is 0 Å². The summed E-state index contributed by atoms with van der Waals surface area (Å²) in [6.45, 7) is 0.446. The van der Waals surface area contributed by atoms with Gasteiger partial charge in [0.15, 0.2) is 6.23 Å². The normalized spacial score (nSPS) is 29.3. The summed E-state index contributed by atoms with van der Waals surface area (Å²) in [7, 11) is 1.58. The summed E-state index contributed by atoms with van der Waals surface area (Å²) in [5, 5.41) is 21.3. The van der Waals surface area contributed by atoms with Gasteiger partial charge in [-0.15, -0.1) is 0 Å². The van der Waals surface area contributed by atoms with Crippen LogP contribution in [0.1, 0.15) is 12.6 Å². The molecular formula is C13H16ClN3O4. The molecule has 1 aliphatic heterocycles. The minimum Gasteiger partial charge on any atom is -0.388 e. The number of aromatic nitrogens is 3. The Hall–Kier alpha value is -1.25. The minimum absolute atomic E-state index is 0.336. The Labute approximate surface area is 126 Å². The average Bonchev–Trinajstić information content (AvgIpc) is 3.02. The zero-order chi connectivity index (χ0) is 15.0. The van der Waals surface area contributed by atoms with Crippen LogP contribution in [0, 0.1) is 0 Å². The third-order valence-corrected chi connectivity index (χ3v) is 3.98. The lowest BCUT2D eigenvalue weighted by atomic mass is 10.1. The molecule has 21 heavy (non-hydrogen) atoms. The van der Waals surface area contributed by atoms with Gasteiger partial charge in [0.1, 0.15) is 29.3 Å². The van der Waals surface area contributed by atoms with E-state index in [1.807, 2.05) is 0 Å². The Bertz CT molecular complexity index is 635. The van der Waals surface area contributed by atoms with E-state index in [0.29, 0.717) is 29.2 Å². The number of hydrogen-bond donors (Lipinski definition) is 2. The van der Waals surface area contributed by atoms with Crippen LogP contribution in [0.15, 0.2) is 18.6 Å². The van der Waals surface area contributed by atoms with Crippen molar-refractivity contribution < 1.29 is 19.7 Å². The second-order valence-corrected chi connectivity index (χ2v) is 5.31. The molecule has 2 aromatic rings. The zero-order valence-electron chi connectivity index (χ0n) is 11.4.